The summed E-state index contributed by atoms with van der Waals surface area (Å²) < 4.78 is 0. The fourth-order valence-corrected chi connectivity index (χ4v) is 1.72. The first-order chi connectivity index (χ1) is 12.5. The van der Waals surface area contributed by atoms with Gasteiger partial charge in [-0.15, -0.1) is 0 Å². The Labute approximate surface area is 161 Å². The molecule has 0 aromatic rings. The third-order valence-corrected chi connectivity index (χ3v) is 3.12. The number of nitrogens with one attached hydrogen (secondary N) is 1. The highest BCUT2D eigenvalue weighted by molar-refractivity contribution is 6.15. The van der Waals surface area contributed by atoms with E-state index in [1.54, 1.807) is 14.1 Å². The van der Waals surface area contributed by atoms with Crippen LogP contribution in [0.15, 0.2) is 23.9 Å². The second kappa shape index (κ2) is 15.8. The zero-order valence-corrected chi connectivity index (χ0v) is 16.7. The number of hydrogen-bond acceptors (Lipinski definition) is 6. The van der Waals surface area contributed by atoms with Gasteiger partial charge in [0.1, 0.15) is 5.57 Å². The average molecular weight is 387 g/mol. The van der Waals surface area contributed by atoms with Gasteiger partial charge in [0.2, 0.25) is 0 Å². The van der Waals surface area contributed by atoms with Crippen molar-refractivity contribution in [3.63, 3.8) is 0 Å². The number of carbonyl (C=O) groups excluding carboxylic acids is 1. The summed E-state index contributed by atoms with van der Waals surface area (Å²) in [6, 6.07) is 0. The summed E-state index contributed by atoms with van der Waals surface area (Å²) in [7, 11) is 7.27. The minimum atomic E-state index is -1.27. The van der Waals surface area contributed by atoms with Crippen LogP contribution in [0.5, 0.6) is 0 Å². The van der Waals surface area contributed by atoms with Gasteiger partial charge in [0.05, 0.1) is 0 Å². The number of carbonyl (C=O) groups is 3. The van der Waals surface area contributed by atoms with Gasteiger partial charge in [0, 0.05) is 39.0 Å². The van der Waals surface area contributed by atoms with E-state index in [0.717, 1.165) is 19.4 Å². The van der Waals surface area contributed by atoms with Crippen molar-refractivity contribution in [3.8, 4) is 0 Å². The fraction of sp³-hybridized carbons (Fsp3) is 0.611. The summed E-state index contributed by atoms with van der Waals surface area (Å²) >= 11 is 0. The first kappa shape index (κ1) is 26.8. The van der Waals surface area contributed by atoms with Crippen LogP contribution >= 0.6 is 0 Å². The number of nitrogens with zero attached hydrogens (tertiary/aromatic N) is 2. The molecule has 0 aromatic carbocycles. The molecule has 0 rings (SSSR count). The average Bonchev–Trinajstić information content (AvgIpc) is 2.56. The number of aliphatic hydroxyl groups excluding tert-OH is 1. The van der Waals surface area contributed by atoms with Crippen molar-refractivity contribution in [2.75, 3.05) is 47.9 Å². The molecule has 27 heavy (non-hydrogen) atoms. The summed E-state index contributed by atoms with van der Waals surface area (Å²) in [5, 5.41) is 28.1. The van der Waals surface area contributed by atoms with Crippen LogP contribution in [0.25, 0.3) is 0 Å². The second-order valence-corrected chi connectivity index (χ2v) is 6.31. The van der Waals surface area contributed by atoms with E-state index in [9.17, 15) is 14.4 Å². The topological polar surface area (TPSA) is 130 Å². The lowest BCUT2D eigenvalue weighted by atomic mass is 10.1. The summed E-state index contributed by atoms with van der Waals surface area (Å²) in [6.45, 7) is 4.68. The molecule has 9 nitrogen and oxygen atoms in total. The van der Waals surface area contributed by atoms with E-state index >= 15 is 0 Å². The predicted octanol–water partition coefficient (Wildman–Crippen LogP) is 0.374. The number of aliphatic hydroxyl groups is 1. The molecule has 9 heteroatoms. The van der Waals surface area contributed by atoms with Gasteiger partial charge in [0.15, 0.2) is 0 Å². The number of aliphatic carboxylic acids is 2. The van der Waals surface area contributed by atoms with E-state index in [-0.39, 0.29) is 18.7 Å². The zero-order chi connectivity index (χ0) is 21.4. The Balaban J connectivity index is 0. The van der Waals surface area contributed by atoms with Gasteiger partial charge < -0.3 is 30.4 Å². The second-order valence-electron chi connectivity index (χ2n) is 6.31. The molecule has 0 fully saturated rings. The largest absolute Gasteiger partial charge is 0.478 e. The molecule has 0 aliphatic rings. The minimum absolute atomic E-state index is 0.0416. The maximum absolute atomic E-state index is 11.3. The van der Waals surface area contributed by atoms with Crippen LogP contribution in [-0.2, 0) is 14.4 Å². The van der Waals surface area contributed by atoms with Crippen LogP contribution in [0.3, 0.4) is 0 Å². The molecule has 0 spiro atoms. The first-order valence-electron chi connectivity index (χ1n) is 8.59. The van der Waals surface area contributed by atoms with Crippen LogP contribution in [0.4, 0.5) is 0 Å². The fourth-order valence-electron chi connectivity index (χ4n) is 1.72. The maximum Gasteiger partial charge on any atom is 0.342 e. The molecular formula is C18H33N3O6. The molecule has 0 heterocycles. The molecule has 4 N–H and O–H groups in total. The molecule has 0 aliphatic carbocycles. The minimum Gasteiger partial charge on any atom is -0.478 e. The summed E-state index contributed by atoms with van der Waals surface area (Å²) in [6.07, 6.45) is 4.17. The standard InChI is InChI=1S/C9H16N2O4.C9H17NO2/c1-11(2)6-7(9(14)15)8(13)10-4-3-5-12;1-8(9(11)12)6-4-5-7-10(2)3/h6,12H,3-5H2,1-2H3,(H,10,13)(H,14,15);1,4-7H2,2-3H3,(H,11,12). The van der Waals surface area contributed by atoms with Crippen molar-refractivity contribution in [3.05, 3.63) is 23.9 Å². The maximum atomic E-state index is 11.3. The summed E-state index contributed by atoms with van der Waals surface area (Å²) in [5.41, 5.74) is -0.00769. The van der Waals surface area contributed by atoms with Crippen molar-refractivity contribution < 1.29 is 29.7 Å². The number of rotatable bonds is 12. The van der Waals surface area contributed by atoms with Gasteiger partial charge in [-0.1, -0.05) is 6.58 Å². The molecule has 1 amide bonds. The van der Waals surface area contributed by atoms with Gasteiger partial charge in [0.25, 0.3) is 5.91 Å². The van der Waals surface area contributed by atoms with Crippen molar-refractivity contribution >= 4 is 17.8 Å². The predicted molar refractivity (Wildman–Crippen MR) is 103 cm³/mol. The molecule has 0 bridgehead atoms. The van der Waals surface area contributed by atoms with Gasteiger partial charge in [-0.3, -0.25) is 4.79 Å². The third kappa shape index (κ3) is 16.8. The highest BCUT2D eigenvalue weighted by atomic mass is 16.4. The highest BCUT2D eigenvalue weighted by Crippen LogP contribution is 2.05. The Hall–Kier alpha value is -2.39. The molecule has 156 valence electrons. The Kier molecular flexibility index (Phi) is 15.7. The normalized spacial score (nSPS) is 10.7. The van der Waals surface area contributed by atoms with Crippen LogP contribution in [-0.4, -0.2) is 90.9 Å². The monoisotopic (exact) mass is 387 g/mol. The van der Waals surface area contributed by atoms with Crippen LogP contribution in [0.2, 0.25) is 0 Å². The van der Waals surface area contributed by atoms with Crippen LogP contribution < -0.4 is 5.32 Å². The van der Waals surface area contributed by atoms with E-state index < -0.39 is 17.8 Å². The van der Waals surface area contributed by atoms with Crippen molar-refractivity contribution in [1.29, 1.82) is 0 Å². The number of carboxylic acid groups (broad SMARTS) is 2. The first-order valence-corrected chi connectivity index (χ1v) is 8.59. The van der Waals surface area contributed by atoms with Crippen LogP contribution in [0, 0.1) is 0 Å². The van der Waals surface area contributed by atoms with Gasteiger partial charge in [-0.2, -0.15) is 0 Å². The van der Waals surface area contributed by atoms with Crippen molar-refractivity contribution in [2.45, 2.75) is 25.7 Å². The lowest BCUT2D eigenvalue weighted by Crippen LogP contribution is -2.30. The number of carboxylic acids is 2. The highest BCUT2D eigenvalue weighted by Gasteiger charge is 2.16. The van der Waals surface area contributed by atoms with E-state index in [0.29, 0.717) is 18.4 Å². The van der Waals surface area contributed by atoms with Crippen molar-refractivity contribution in [2.24, 2.45) is 0 Å². The van der Waals surface area contributed by atoms with Gasteiger partial charge in [-0.05, 0) is 46.3 Å². The third-order valence-electron chi connectivity index (χ3n) is 3.12. The SMILES string of the molecule is C=C(CCCCN(C)C)C(=O)O.CN(C)C=C(C(=O)O)C(=O)NCCCO. The smallest absolute Gasteiger partial charge is 0.342 e. The van der Waals surface area contributed by atoms with Gasteiger partial charge >= 0.3 is 11.9 Å². The molecule has 0 saturated heterocycles. The van der Waals surface area contributed by atoms with E-state index in [1.807, 2.05) is 14.1 Å². The lowest BCUT2D eigenvalue weighted by Gasteiger charge is -2.08. The molecule has 0 aliphatic heterocycles. The summed E-state index contributed by atoms with van der Waals surface area (Å²) in [5.74, 6) is -2.80. The number of amides is 1. The molecule has 0 saturated carbocycles. The number of hydrogen-bond donors (Lipinski definition) is 4. The Bertz CT molecular complexity index is 515. The van der Waals surface area contributed by atoms with E-state index in [2.05, 4.69) is 16.8 Å². The van der Waals surface area contributed by atoms with Crippen molar-refractivity contribution in [1.82, 2.24) is 15.1 Å². The van der Waals surface area contributed by atoms with Crippen LogP contribution in [0.1, 0.15) is 25.7 Å². The Morgan fingerprint density at radius 3 is 2.00 bits per heavy atom. The molecular weight excluding hydrogens is 354 g/mol. The zero-order valence-electron chi connectivity index (χ0n) is 16.7. The Morgan fingerprint density at radius 2 is 1.59 bits per heavy atom. The quantitative estimate of drug-likeness (QED) is 0.164. The van der Waals surface area contributed by atoms with Gasteiger partial charge in [-0.25, -0.2) is 9.59 Å². The molecule has 0 aromatic heterocycles. The van der Waals surface area contributed by atoms with E-state index in [1.165, 1.54) is 11.1 Å². The summed E-state index contributed by atoms with van der Waals surface area (Å²) in [4.78, 5) is 35.9. The van der Waals surface area contributed by atoms with E-state index in [4.69, 9.17) is 15.3 Å². The molecule has 0 radical (unpaired) electrons. The molecule has 0 atom stereocenters. The lowest BCUT2D eigenvalue weighted by molar-refractivity contribution is -0.135. The molecule has 0 unspecified atom stereocenters. The number of unbranched alkanes of at least 4 members (excludes halogenated alkanes) is 1. The Morgan fingerprint density at radius 1 is 1.00 bits per heavy atom.